The molecule has 1 N–H and O–H groups in total. The number of morpholine rings is 1. The first kappa shape index (κ1) is 18.7. The summed E-state index contributed by atoms with van der Waals surface area (Å²) in [6.07, 6.45) is 4.95. The highest BCUT2D eigenvalue weighted by atomic mass is 16.5. The number of H-pyrrole nitrogens is 1. The van der Waals surface area contributed by atoms with Gasteiger partial charge in [0, 0.05) is 19.3 Å². The highest BCUT2D eigenvalue weighted by Crippen LogP contribution is 2.33. The van der Waals surface area contributed by atoms with E-state index >= 15 is 0 Å². The van der Waals surface area contributed by atoms with Gasteiger partial charge in [0.2, 0.25) is 5.88 Å². The van der Waals surface area contributed by atoms with Gasteiger partial charge in [-0.05, 0) is 31.0 Å². The molecule has 1 atom stereocenters. The minimum atomic E-state index is 0.151. The fourth-order valence-corrected chi connectivity index (χ4v) is 3.56. The fourth-order valence-electron chi connectivity index (χ4n) is 3.56. The molecule has 1 fully saturated rings. The maximum atomic E-state index is 6.26. The molecule has 1 aliphatic rings. The molecule has 0 aromatic carbocycles. The van der Waals surface area contributed by atoms with Gasteiger partial charge in [0.1, 0.15) is 17.6 Å². The van der Waals surface area contributed by atoms with Gasteiger partial charge in [-0.1, -0.05) is 26.3 Å². The molecule has 4 heterocycles. The molecule has 0 amide bonds. The Bertz CT molecular complexity index is 920. The van der Waals surface area contributed by atoms with Gasteiger partial charge < -0.3 is 14.4 Å². The van der Waals surface area contributed by atoms with Gasteiger partial charge in [-0.15, -0.1) is 0 Å². The van der Waals surface area contributed by atoms with Crippen molar-refractivity contribution in [1.82, 2.24) is 20.2 Å². The molecule has 148 valence electrons. The van der Waals surface area contributed by atoms with Crippen LogP contribution in [0.4, 0.5) is 5.82 Å². The minimum Gasteiger partial charge on any atom is -0.474 e. The molecule has 1 unspecified atom stereocenters. The minimum absolute atomic E-state index is 0.151. The molecule has 0 saturated carbocycles. The molecule has 3 aromatic heterocycles. The number of hydrogen-bond donors (Lipinski definition) is 1. The van der Waals surface area contributed by atoms with Crippen LogP contribution in [-0.4, -0.2) is 52.6 Å². The van der Waals surface area contributed by atoms with Gasteiger partial charge in [0.05, 0.1) is 29.8 Å². The van der Waals surface area contributed by atoms with E-state index in [2.05, 4.69) is 33.9 Å². The molecule has 0 radical (unpaired) electrons. The number of hydrogen-bond acceptors (Lipinski definition) is 6. The Hall–Kier alpha value is -2.67. The molecule has 1 aliphatic heterocycles. The van der Waals surface area contributed by atoms with Crippen LogP contribution in [0.1, 0.15) is 33.1 Å². The summed E-state index contributed by atoms with van der Waals surface area (Å²) in [4.78, 5) is 11.6. The average molecular weight is 381 g/mol. The lowest BCUT2D eigenvalue weighted by Gasteiger charge is -2.27. The Morgan fingerprint density at radius 3 is 2.86 bits per heavy atom. The lowest BCUT2D eigenvalue weighted by Crippen LogP contribution is -2.36. The Morgan fingerprint density at radius 2 is 2.07 bits per heavy atom. The Morgan fingerprint density at radius 1 is 1.21 bits per heavy atom. The summed E-state index contributed by atoms with van der Waals surface area (Å²) in [6, 6.07) is 7.97. The number of anilines is 1. The van der Waals surface area contributed by atoms with E-state index in [-0.39, 0.29) is 6.10 Å². The van der Waals surface area contributed by atoms with Crippen molar-refractivity contribution >= 4 is 16.7 Å². The normalized spacial score (nSPS) is 15.7. The van der Waals surface area contributed by atoms with E-state index in [0.29, 0.717) is 5.88 Å². The molecule has 7 heteroatoms. The van der Waals surface area contributed by atoms with E-state index < -0.39 is 0 Å². The maximum Gasteiger partial charge on any atom is 0.225 e. The van der Waals surface area contributed by atoms with E-state index in [1.165, 1.54) is 0 Å². The van der Waals surface area contributed by atoms with Gasteiger partial charge in [0.15, 0.2) is 0 Å². The van der Waals surface area contributed by atoms with Gasteiger partial charge in [0.25, 0.3) is 0 Å². The van der Waals surface area contributed by atoms with Gasteiger partial charge in [-0.25, -0.2) is 9.97 Å². The van der Waals surface area contributed by atoms with Gasteiger partial charge in [-0.2, -0.15) is 5.10 Å². The topological polar surface area (TPSA) is 76.2 Å². The fraction of sp³-hybridized carbons (Fsp3) is 0.476. The van der Waals surface area contributed by atoms with Crippen LogP contribution in [0.25, 0.3) is 22.3 Å². The molecular formula is C21H27N5O2. The number of nitrogens with zero attached hydrogens (tertiary/aromatic N) is 4. The van der Waals surface area contributed by atoms with Crippen LogP contribution in [0.15, 0.2) is 30.5 Å². The number of aromatic amines is 1. The lowest BCUT2D eigenvalue weighted by atomic mass is 10.1. The summed E-state index contributed by atoms with van der Waals surface area (Å²) in [5, 5.41) is 8.54. The number of nitrogens with one attached hydrogen (secondary N) is 1. The van der Waals surface area contributed by atoms with Crippen molar-refractivity contribution in [2.45, 2.75) is 39.2 Å². The van der Waals surface area contributed by atoms with Crippen LogP contribution in [0.3, 0.4) is 0 Å². The second-order valence-corrected chi connectivity index (χ2v) is 7.03. The molecule has 7 nitrogen and oxygen atoms in total. The monoisotopic (exact) mass is 381 g/mol. The quantitative estimate of drug-likeness (QED) is 0.671. The summed E-state index contributed by atoms with van der Waals surface area (Å²) in [6.45, 7) is 7.48. The zero-order valence-corrected chi connectivity index (χ0v) is 16.5. The van der Waals surface area contributed by atoms with Crippen molar-refractivity contribution in [1.29, 1.82) is 0 Å². The van der Waals surface area contributed by atoms with Crippen LogP contribution >= 0.6 is 0 Å². The Balaban J connectivity index is 1.71. The van der Waals surface area contributed by atoms with Crippen molar-refractivity contribution in [3.63, 3.8) is 0 Å². The largest absolute Gasteiger partial charge is 0.474 e. The third-order valence-corrected chi connectivity index (χ3v) is 5.10. The molecule has 3 aromatic rings. The summed E-state index contributed by atoms with van der Waals surface area (Å²) >= 11 is 0. The van der Waals surface area contributed by atoms with Crippen molar-refractivity contribution in [3.05, 3.63) is 30.5 Å². The average Bonchev–Trinajstić information content (AvgIpc) is 3.19. The lowest BCUT2D eigenvalue weighted by molar-refractivity contribution is 0.122. The van der Waals surface area contributed by atoms with E-state index in [9.17, 15) is 0 Å². The number of fused-ring (bicyclic) bond motifs is 1. The molecule has 0 spiro atoms. The molecule has 0 bridgehead atoms. The second kappa shape index (κ2) is 8.56. The third-order valence-electron chi connectivity index (χ3n) is 5.10. The summed E-state index contributed by atoms with van der Waals surface area (Å²) in [5.41, 5.74) is 2.50. The first-order chi connectivity index (χ1) is 13.8. The Labute approximate surface area is 165 Å². The zero-order chi connectivity index (χ0) is 19.3. The van der Waals surface area contributed by atoms with Gasteiger partial charge >= 0.3 is 0 Å². The zero-order valence-electron chi connectivity index (χ0n) is 16.5. The molecular weight excluding hydrogens is 354 g/mol. The van der Waals surface area contributed by atoms with Crippen LogP contribution in [-0.2, 0) is 4.74 Å². The van der Waals surface area contributed by atoms with E-state index in [0.717, 1.165) is 73.7 Å². The van der Waals surface area contributed by atoms with Crippen molar-refractivity contribution in [2.24, 2.45) is 0 Å². The third kappa shape index (κ3) is 3.80. The standard InChI is InChI=1S/C21H27N5O2/c1-3-6-15(4-2)28-21-19-16(9-10-22-21)24-25-20(19)17-7-5-8-18(23-17)26-11-13-27-14-12-26/h5,7-10,15H,3-4,6,11-14H2,1-2H3,(H,24,25). The van der Waals surface area contributed by atoms with Crippen molar-refractivity contribution in [2.75, 3.05) is 31.2 Å². The number of rotatable bonds is 7. The molecule has 28 heavy (non-hydrogen) atoms. The van der Waals surface area contributed by atoms with E-state index in [1.807, 2.05) is 24.3 Å². The molecule has 4 rings (SSSR count). The predicted molar refractivity (Wildman–Crippen MR) is 110 cm³/mol. The smallest absolute Gasteiger partial charge is 0.225 e. The summed E-state index contributed by atoms with van der Waals surface area (Å²) in [5.74, 6) is 1.57. The van der Waals surface area contributed by atoms with Crippen LogP contribution in [0, 0.1) is 0 Å². The number of aromatic nitrogens is 4. The summed E-state index contributed by atoms with van der Waals surface area (Å²) < 4.78 is 11.7. The number of ether oxygens (including phenoxy) is 2. The van der Waals surface area contributed by atoms with Crippen LogP contribution in [0.5, 0.6) is 5.88 Å². The number of pyridine rings is 2. The molecule has 1 saturated heterocycles. The van der Waals surface area contributed by atoms with Crippen molar-refractivity contribution < 1.29 is 9.47 Å². The Kier molecular flexibility index (Phi) is 5.71. The highest BCUT2D eigenvalue weighted by Gasteiger charge is 2.19. The predicted octanol–water partition coefficient (Wildman–Crippen LogP) is 3.81. The van der Waals surface area contributed by atoms with Crippen LogP contribution in [0.2, 0.25) is 0 Å². The first-order valence-electron chi connectivity index (χ1n) is 10.1. The summed E-state index contributed by atoms with van der Waals surface area (Å²) in [7, 11) is 0. The SMILES string of the molecule is CCCC(CC)Oc1nccc2[nH]nc(-c3cccc(N4CCOCC4)n3)c12. The van der Waals surface area contributed by atoms with E-state index in [4.69, 9.17) is 14.5 Å². The van der Waals surface area contributed by atoms with Crippen molar-refractivity contribution in [3.8, 4) is 17.3 Å². The maximum absolute atomic E-state index is 6.26. The van der Waals surface area contributed by atoms with E-state index in [1.54, 1.807) is 6.20 Å². The highest BCUT2D eigenvalue weighted by molar-refractivity contribution is 5.95. The van der Waals surface area contributed by atoms with Gasteiger partial charge in [-0.3, -0.25) is 5.10 Å². The molecule has 0 aliphatic carbocycles. The first-order valence-corrected chi connectivity index (χ1v) is 10.1. The van der Waals surface area contributed by atoms with Crippen LogP contribution < -0.4 is 9.64 Å². The second-order valence-electron chi connectivity index (χ2n) is 7.03.